The molecule has 12 rings (SSSR count). The number of aromatic nitrogens is 2. The second kappa shape index (κ2) is 15.3. The molecule has 3 heteroatoms. The molecule has 0 bridgehead atoms. The smallest absolute Gasteiger partial charge is 0.0541 e. The minimum Gasteiger partial charge on any atom is -0.361 e. The average Bonchev–Trinajstić information content (AvgIpc) is 3.86. The normalized spacial score (nSPS) is 14.4. The average molecular weight is 804 g/mol. The Morgan fingerprint density at radius 3 is 1.29 bits per heavy atom. The van der Waals surface area contributed by atoms with Crippen LogP contribution in [0.1, 0.15) is 11.1 Å². The monoisotopic (exact) mass is 803 g/mol. The van der Waals surface area contributed by atoms with Crippen molar-refractivity contribution in [3.05, 3.63) is 248 Å². The van der Waals surface area contributed by atoms with Crippen molar-refractivity contribution in [2.75, 3.05) is 5.32 Å². The molecule has 2 aromatic heterocycles. The molecule has 296 valence electrons. The lowest BCUT2D eigenvalue weighted by Crippen LogP contribution is -1.94. The van der Waals surface area contributed by atoms with Gasteiger partial charge in [-0.05, 0) is 123 Å². The Balaban J connectivity index is 0.993. The van der Waals surface area contributed by atoms with Gasteiger partial charge in [0, 0.05) is 50.4 Å². The van der Waals surface area contributed by atoms with E-state index in [1.807, 2.05) is 6.20 Å². The topological polar surface area (TPSA) is 21.9 Å². The van der Waals surface area contributed by atoms with Crippen LogP contribution in [0.2, 0.25) is 0 Å². The van der Waals surface area contributed by atoms with E-state index in [9.17, 15) is 0 Å². The third-order valence-corrected chi connectivity index (χ3v) is 12.6. The van der Waals surface area contributed by atoms with Gasteiger partial charge in [0.05, 0.1) is 22.1 Å². The Morgan fingerprint density at radius 1 is 0.333 bits per heavy atom. The lowest BCUT2D eigenvalue weighted by molar-refractivity contribution is 1.18. The van der Waals surface area contributed by atoms with Gasteiger partial charge in [-0.25, -0.2) is 0 Å². The third kappa shape index (κ3) is 6.38. The molecule has 0 unspecified atom stereocenters. The number of rotatable bonds is 5. The maximum Gasteiger partial charge on any atom is 0.0541 e. The number of hydrogen-bond acceptors (Lipinski definition) is 1. The van der Waals surface area contributed by atoms with E-state index in [-0.39, 0.29) is 0 Å². The molecule has 0 spiro atoms. The van der Waals surface area contributed by atoms with Crippen LogP contribution in [-0.4, -0.2) is 9.13 Å². The van der Waals surface area contributed by atoms with Crippen molar-refractivity contribution in [1.82, 2.24) is 9.13 Å². The standard InChI is InChI=1S/C60H41N3/c1-2-16-50-44(14-1)28-27-41(15-13-37-61-56-22-8-3-17-51(50)56)45-38-46(42-29-33-48(34-30-42)62-57-23-9-4-18-52(57)53-19-5-10-24-58(53)62)40-47(39-45)43-31-35-49(36-32-43)63-59-25-11-6-20-54(59)55-21-7-12-26-60(55)63/h1-40,61H/b28-27-,37-13+,41-15+. The molecule has 0 atom stereocenters. The number of para-hydroxylation sites is 5. The fourth-order valence-electron chi connectivity index (χ4n) is 9.58. The van der Waals surface area contributed by atoms with Gasteiger partial charge in [0.25, 0.3) is 0 Å². The van der Waals surface area contributed by atoms with Gasteiger partial charge in [-0.1, -0.05) is 158 Å². The van der Waals surface area contributed by atoms with E-state index in [0.717, 1.165) is 56.0 Å². The molecule has 9 aromatic carbocycles. The van der Waals surface area contributed by atoms with Gasteiger partial charge in [0.15, 0.2) is 0 Å². The molecule has 0 saturated heterocycles. The second-order valence-electron chi connectivity index (χ2n) is 16.2. The fourth-order valence-corrected chi connectivity index (χ4v) is 9.58. The summed E-state index contributed by atoms with van der Waals surface area (Å²) in [5.74, 6) is 0. The van der Waals surface area contributed by atoms with Gasteiger partial charge < -0.3 is 14.5 Å². The summed E-state index contributed by atoms with van der Waals surface area (Å²) >= 11 is 0. The first-order valence-electron chi connectivity index (χ1n) is 21.6. The molecule has 3 nitrogen and oxygen atoms in total. The quantitative estimate of drug-likeness (QED) is 0.184. The Labute approximate surface area is 366 Å². The summed E-state index contributed by atoms with van der Waals surface area (Å²) in [6, 6.07) is 77.0. The number of hydrogen-bond donors (Lipinski definition) is 1. The molecule has 0 amide bonds. The minimum atomic E-state index is 1.07. The van der Waals surface area contributed by atoms with Gasteiger partial charge in [-0.3, -0.25) is 0 Å². The molecule has 3 heterocycles. The van der Waals surface area contributed by atoms with Crippen LogP contribution in [0.5, 0.6) is 0 Å². The summed E-state index contributed by atoms with van der Waals surface area (Å²) in [6.45, 7) is 0. The van der Waals surface area contributed by atoms with Gasteiger partial charge in [-0.2, -0.15) is 0 Å². The highest BCUT2D eigenvalue weighted by Crippen LogP contribution is 2.38. The van der Waals surface area contributed by atoms with Gasteiger partial charge in [-0.15, -0.1) is 0 Å². The largest absolute Gasteiger partial charge is 0.361 e. The SMILES string of the molecule is C1=C/c2ccccc2-c2ccccc2N/C=C/C=C\1c1cc(-c2ccc(-n3c4ccccc4c4ccccc43)cc2)cc(-c2ccc(-n3c4ccccc4c4ccccc43)cc2)c1. The molecule has 0 saturated carbocycles. The van der Waals surface area contributed by atoms with E-state index >= 15 is 0 Å². The highest BCUT2D eigenvalue weighted by atomic mass is 15.0. The predicted octanol–water partition coefficient (Wildman–Crippen LogP) is 15.9. The van der Waals surface area contributed by atoms with Crippen LogP contribution < -0.4 is 5.32 Å². The van der Waals surface area contributed by atoms with Crippen LogP contribution in [0, 0.1) is 0 Å². The number of nitrogens with one attached hydrogen (secondary N) is 1. The Bertz CT molecular complexity index is 3350. The lowest BCUT2D eigenvalue weighted by Gasteiger charge is -2.14. The van der Waals surface area contributed by atoms with Crippen LogP contribution in [0.25, 0.3) is 100 Å². The molecule has 63 heavy (non-hydrogen) atoms. The summed E-state index contributed by atoms with van der Waals surface area (Å²) < 4.78 is 4.76. The molecule has 0 fully saturated rings. The highest BCUT2D eigenvalue weighted by Gasteiger charge is 2.15. The summed E-state index contributed by atoms with van der Waals surface area (Å²) in [5, 5.41) is 8.61. The van der Waals surface area contributed by atoms with Crippen molar-refractivity contribution in [2.24, 2.45) is 0 Å². The maximum atomic E-state index is 3.57. The van der Waals surface area contributed by atoms with Gasteiger partial charge in [0.2, 0.25) is 0 Å². The molecule has 0 aliphatic carbocycles. The van der Waals surface area contributed by atoms with Crippen LogP contribution in [0.15, 0.2) is 237 Å². The van der Waals surface area contributed by atoms with Crippen LogP contribution in [0.3, 0.4) is 0 Å². The van der Waals surface area contributed by atoms with Gasteiger partial charge in [0.1, 0.15) is 0 Å². The van der Waals surface area contributed by atoms with Crippen molar-refractivity contribution < 1.29 is 0 Å². The summed E-state index contributed by atoms with van der Waals surface area (Å²) in [6.07, 6.45) is 10.9. The maximum absolute atomic E-state index is 3.57. The summed E-state index contributed by atoms with van der Waals surface area (Å²) in [5.41, 5.74) is 18.6. The zero-order valence-corrected chi connectivity index (χ0v) is 34.5. The lowest BCUT2D eigenvalue weighted by atomic mass is 9.92. The van der Waals surface area contributed by atoms with Crippen molar-refractivity contribution in [3.8, 4) is 44.8 Å². The summed E-state index contributed by atoms with van der Waals surface area (Å²) in [4.78, 5) is 0. The fraction of sp³-hybridized carbons (Fsp3) is 0. The molecule has 1 N–H and O–H groups in total. The molecule has 1 aliphatic heterocycles. The number of nitrogens with zero attached hydrogens (tertiary/aromatic N) is 2. The van der Waals surface area contributed by atoms with E-state index in [1.54, 1.807) is 0 Å². The second-order valence-corrected chi connectivity index (χ2v) is 16.2. The van der Waals surface area contributed by atoms with E-state index in [2.05, 4.69) is 251 Å². The van der Waals surface area contributed by atoms with Crippen LogP contribution in [0.4, 0.5) is 5.69 Å². The Hall–Kier alpha value is -8.40. The first kappa shape index (κ1) is 36.5. The van der Waals surface area contributed by atoms with Crippen molar-refractivity contribution >= 4 is 60.9 Å². The molecular weight excluding hydrogens is 763 g/mol. The van der Waals surface area contributed by atoms with Crippen molar-refractivity contribution in [1.29, 1.82) is 0 Å². The molecule has 0 radical (unpaired) electrons. The molecule has 11 aromatic rings. The van der Waals surface area contributed by atoms with E-state index < -0.39 is 0 Å². The zero-order chi connectivity index (χ0) is 41.7. The van der Waals surface area contributed by atoms with Crippen LogP contribution >= 0.6 is 0 Å². The predicted molar refractivity (Wildman–Crippen MR) is 268 cm³/mol. The highest BCUT2D eigenvalue weighted by molar-refractivity contribution is 6.10. The summed E-state index contributed by atoms with van der Waals surface area (Å²) in [7, 11) is 0. The Morgan fingerprint density at radius 2 is 0.762 bits per heavy atom. The van der Waals surface area contributed by atoms with Crippen LogP contribution in [-0.2, 0) is 0 Å². The minimum absolute atomic E-state index is 1.07. The number of fused-ring (bicyclic) bond motifs is 9. The zero-order valence-electron chi connectivity index (χ0n) is 34.5. The van der Waals surface area contributed by atoms with Crippen molar-refractivity contribution in [3.63, 3.8) is 0 Å². The first-order chi connectivity index (χ1) is 31.2. The Kier molecular flexibility index (Phi) is 8.83. The van der Waals surface area contributed by atoms with E-state index in [0.29, 0.717) is 0 Å². The number of allylic oxidation sites excluding steroid dienone is 4. The van der Waals surface area contributed by atoms with Crippen molar-refractivity contribution in [2.45, 2.75) is 0 Å². The first-order valence-corrected chi connectivity index (χ1v) is 21.6. The third-order valence-electron chi connectivity index (χ3n) is 12.6. The number of benzene rings is 9. The molecular formula is C60H41N3. The number of anilines is 1. The van der Waals surface area contributed by atoms with E-state index in [1.165, 1.54) is 54.7 Å². The van der Waals surface area contributed by atoms with Gasteiger partial charge >= 0.3 is 0 Å². The molecule has 1 aliphatic rings. The van der Waals surface area contributed by atoms with E-state index in [4.69, 9.17) is 0 Å².